The van der Waals surface area contributed by atoms with Crippen LogP contribution in [-0.2, 0) is 0 Å². The van der Waals surface area contributed by atoms with Crippen molar-refractivity contribution >= 4 is 29.1 Å². The first-order chi connectivity index (χ1) is 9.88. The average molecular weight is 330 g/mol. The minimum Gasteiger partial charge on any atom is -0.346 e. The van der Waals surface area contributed by atoms with E-state index in [0.717, 1.165) is 12.1 Å². The first-order valence-electron chi connectivity index (χ1n) is 6.09. The maximum absolute atomic E-state index is 13.2. The summed E-state index contributed by atoms with van der Waals surface area (Å²) in [6, 6.07) is 7.49. The van der Waals surface area contributed by atoms with Crippen LogP contribution in [0.15, 0.2) is 36.4 Å². The molecule has 0 aliphatic carbocycles. The molecule has 2 nitrogen and oxygen atoms in total. The van der Waals surface area contributed by atoms with E-state index in [1.165, 1.54) is 24.3 Å². The third kappa shape index (κ3) is 3.71. The number of rotatable bonds is 3. The number of hydrogen-bond donors (Lipinski definition) is 1. The second-order valence-electron chi connectivity index (χ2n) is 4.50. The lowest BCUT2D eigenvalue weighted by Gasteiger charge is -2.15. The Morgan fingerprint density at radius 2 is 1.76 bits per heavy atom. The summed E-state index contributed by atoms with van der Waals surface area (Å²) < 4.78 is 26.1. The van der Waals surface area contributed by atoms with E-state index in [2.05, 4.69) is 5.32 Å². The largest absolute Gasteiger partial charge is 0.346 e. The van der Waals surface area contributed by atoms with Gasteiger partial charge in [-0.3, -0.25) is 4.79 Å². The normalized spacial score (nSPS) is 12.0. The van der Waals surface area contributed by atoms with Gasteiger partial charge >= 0.3 is 0 Å². The second kappa shape index (κ2) is 6.41. The van der Waals surface area contributed by atoms with Gasteiger partial charge in [-0.2, -0.15) is 0 Å². The summed E-state index contributed by atoms with van der Waals surface area (Å²) in [6.45, 7) is 1.67. The Labute approximate surface area is 130 Å². The molecular formula is C15H11Cl2F2NO. The van der Waals surface area contributed by atoms with Gasteiger partial charge in [-0.1, -0.05) is 29.3 Å². The van der Waals surface area contributed by atoms with E-state index in [1.807, 2.05) is 0 Å². The van der Waals surface area contributed by atoms with Crippen molar-refractivity contribution in [2.24, 2.45) is 0 Å². The van der Waals surface area contributed by atoms with Gasteiger partial charge in [0.2, 0.25) is 0 Å². The van der Waals surface area contributed by atoms with E-state index in [0.29, 0.717) is 16.1 Å². The number of amides is 1. The average Bonchev–Trinajstić information content (AvgIpc) is 2.44. The molecule has 0 fully saturated rings. The molecule has 0 saturated heterocycles. The van der Waals surface area contributed by atoms with Crippen molar-refractivity contribution in [2.45, 2.75) is 13.0 Å². The maximum Gasteiger partial charge on any atom is 0.251 e. The van der Waals surface area contributed by atoms with E-state index >= 15 is 0 Å². The molecule has 0 aliphatic heterocycles. The fourth-order valence-electron chi connectivity index (χ4n) is 1.78. The van der Waals surface area contributed by atoms with E-state index in [1.54, 1.807) is 6.92 Å². The van der Waals surface area contributed by atoms with Gasteiger partial charge in [-0.15, -0.1) is 0 Å². The molecule has 1 unspecified atom stereocenters. The molecule has 0 heterocycles. The molecule has 0 aromatic heterocycles. The van der Waals surface area contributed by atoms with Gasteiger partial charge in [0.05, 0.1) is 16.1 Å². The molecule has 0 saturated carbocycles. The Morgan fingerprint density at radius 3 is 2.38 bits per heavy atom. The highest BCUT2D eigenvalue weighted by atomic mass is 35.5. The first kappa shape index (κ1) is 15.7. The highest BCUT2D eigenvalue weighted by molar-refractivity contribution is 6.42. The fourth-order valence-corrected chi connectivity index (χ4v) is 2.08. The van der Waals surface area contributed by atoms with Gasteiger partial charge < -0.3 is 5.32 Å². The van der Waals surface area contributed by atoms with Crippen LogP contribution in [0.25, 0.3) is 0 Å². The summed E-state index contributed by atoms with van der Waals surface area (Å²) in [5.41, 5.74) is 0.793. The van der Waals surface area contributed by atoms with Crippen LogP contribution in [0.4, 0.5) is 8.78 Å². The summed E-state index contributed by atoms with van der Waals surface area (Å²) in [7, 11) is 0. The summed E-state index contributed by atoms with van der Waals surface area (Å²) in [6.07, 6.45) is 0. The molecule has 21 heavy (non-hydrogen) atoms. The molecule has 6 heteroatoms. The van der Waals surface area contributed by atoms with Crippen LogP contribution in [0.1, 0.15) is 28.9 Å². The monoisotopic (exact) mass is 329 g/mol. The number of carbonyl (C=O) groups is 1. The fraction of sp³-hybridized carbons (Fsp3) is 0.133. The van der Waals surface area contributed by atoms with Gasteiger partial charge in [0.15, 0.2) is 11.6 Å². The quantitative estimate of drug-likeness (QED) is 0.863. The smallest absolute Gasteiger partial charge is 0.251 e. The molecule has 0 aliphatic rings. The Morgan fingerprint density at radius 1 is 1.05 bits per heavy atom. The minimum atomic E-state index is -0.955. The highest BCUT2D eigenvalue weighted by Crippen LogP contribution is 2.23. The van der Waals surface area contributed by atoms with Crippen LogP contribution in [0.2, 0.25) is 10.0 Å². The summed E-state index contributed by atoms with van der Waals surface area (Å²) >= 11 is 11.6. The van der Waals surface area contributed by atoms with E-state index in [-0.39, 0.29) is 10.9 Å². The van der Waals surface area contributed by atoms with Crippen molar-refractivity contribution in [2.75, 3.05) is 0 Å². The second-order valence-corrected chi connectivity index (χ2v) is 5.31. The van der Waals surface area contributed by atoms with Gasteiger partial charge in [0, 0.05) is 5.56 Å². The molecule has 2 aromatic carbocycles. The minimum absolute atomic E-state index is 0.268. The van der Waals surface area contributed by atoms with Crippen molar-refractivity contribution < 1.29 is 13.6 Å². The van der Waals surface area contributed by atoms with Gasteiger partial charge in [-0.05, 0) is 42.8 Å². The van der Waals surface area contributed by atoms with Gasteiger partial charge in [0.25, 0.3) is 5.91 Å². The molecule has 0 bridgehead atoms. The van der Waals surface area contributed by atoms with Crippen molar-refractivity contribution in [3.63, 3.8) is 0 Å². The molecule has 2 rings (SSSR count). The van der Waals surface area contributed by atoms with Gasteiger partial charge in [-0.25, -0.2) is 8.78 Å². The van der Waals surface area contributed by atoms with Crippen LogP contribution < -0.4 is 5.32 Å². The number of hydrogen-bond acceptors (Lipinski definition) is 1. The number of halogens is 4. The standard InChI is InChI=1S/C15H11Cl2F2NO/c1-8(9-3-5-13(18)14(19)7-9)20-15(21)10-2-4-11(16)12(17)6-10/h2-8H,1H3,(H,20,21). The van der Waals surface area contributed by atoms with Crippen LogP contribution in [0, 0.1) is 11.6 Å². The summed E-state index contributed by atoms with van der Waals surface area (Å²) in [4.78, 5) is 12.1. The van der Waals surface area contributed by atoms with E-state index in [9.17, 15) is 13.6 Å². The summed E-state index contributed by atoms with van der Waals surface area (Å²) in [5, 5.41) is 3.29. The molecule has 0 spiro atoms. The Bertz CT molecular complexity index is 691. The lowest BCUT2D eigenvalue weighted by molar-refractivity contribution is 0.0940. The Kier molecular flexibility index (Phi) is 4.80. The van der Waals surface area contributed by atoms with Gasteiger partial charge in [0.1, 0.15) is 0 Å². The molecule has 1 amide bonds. The number of benzene rings is 2. The topological polar surface area (TPSA) is 29.1 Å². The molecule has 1 atom stereocenters. The zero-order chi connectivity index (χ0) is 15.6. The third-order valence-corrected chi connectivity index (χ3v) is 3.71. The molecule has 110 valence electrons. The van der Waals surface area contributed by atoms with Crippen LogP contribution in [0.5, 0.6) is 0 Å². The highest BCUT2D eigenvalue weighted by Gasteiger charge is 2.14. The molecule has 1 N–H and O–H groups in total. The van der Waals surface area contributed by atoms with Crippen molar-refractivity contribution in [1.82, 2.24) is 5.32 Å². The third-order valence-electron chi connectivity index (χ3n) is 2.97. The Balaban J connectivity index is 2.14. The zero-order valence-corrected chi connectivity index (χ0v) is 12.5. The predicted octanol–water partition coefficient (Wildman–Crippen LogP) is 4.76. The summed E-state index contributed by atoms with van der Waals surface area (Å²) in [5.74, 6) is -2.27. The lowest BCUT2D eigenvalue weighted by Crippen LogP contribution is -2.26. The molecule has 2 aromatic rings. The lowest BCUT2D eigenvalue weighted by atomic mass is 10.1. The number of carbonyl (C=O) groups excluding carboxylic acids is 1. The zero-order valence-electron chi connectivity index (χ0n) is 11.0. The predicted molar refractivity (Wildman–Crippen MR) is 78.7 cm³/mol. The maximum atomic E-state index is 13.2. The van der Waals surface area contributed by atoms with Crippen molar-refractivity contribution in [1.29, 1.82) is 0 Å². The van der Waals surface area contributed by atoms with E-state index in [4.69, 9.17) is 23.2 Å². The Hall–Kier alpha value is -1.65. The number of nitrogens with one attached hydrogen (secondary N) is 1. The van der Waals surface area contributed by atoms with E-state index < -0.39 is 17.7 Å². The molecule has 0 radical (unpaired) electrons. The molecular weight excluding hydrogens is 319 g/mol. The van der Waals surface area contributed by atoms with Crippen molar-refractivity contribution in [3.8, 4) is 0 Å². The first-order valence-corrected chi connectivity index (χ1v) is 6.85. The van der Waals surface area contributed by atoms with Crippen LogP contribution in [-0.4, -0.2) is 5.91 Å². The van der Waals surface area contributed by atoms with Crippen molar-refractivity contribution in [3.05, 3.63) is 69.2 Å². The van der Waals surface area contributed by atoms with Crippen LogP contribution >= 0.6 is 23.2 Å². The van der Waals surface area contributed by atoms with Crippen LogP contribution in [0.3, 0.4) is 0 Å². The SMILES string of the molecule is CC(NC(=O)c1ccc(Cl)c(Cl)c1)c1ccc(F)c(F)c1.